The number of morpholine rings is 1. The van der Waals surface area contributed by atoms with Gasteiger partial charge in [0.25, 0.3) is 0 Å². The molecule has 2 heterocycles. The maximum absolute atomic E-state index is 12.6. The van der Waals surface area contributed by atoms with Gasteiger partial charge in [0, 0.05) is 25.8 Å². The summed E-state index contributed by atoms with van der Waals surface area (Å²) in [5, 5.41) is 5.96. The molecule has 1 atom stereocenters. The highest BCUT2D eigenvalue weighted by Crippen LogP contribution is 2.23. The topological polar surface area (TPSA) is 62.2 Å². The van der Waals surface area contributed by atoms with Crippen molar-refractivity contribution in [2.75, 3.05) is 26.2 Å². The number of hydrogen-bond donors (Lipinski definition) is 0. The van der Waals surface area contributed by atoms with Crippen molar-refractivity contribution in [1.82, 2.24) is 9.91 Å². The van der Waals surface area contributed by atoms with Gasteiger partial charge < -0.3 is 9.64 Å². The fourth-order valence-electron chi connectivity index (χ4n) is 3.72. The lowest BCUT2D eigenvalue weighted by atomic mass is 10.1. The highest BCUT2D eigenvalue weighted by Gasteiger charge is 2.27. The molecule has 4 rings (SSSR count). The zero-order valence-electron chi connectivity index (χ0n) is 16.4. The predicted octanol–water partition coefficient (Wildman–Crippen LogP) is 3.00. The van der Waals surface area contributed by atoms with Gasteiger partial charge in [0.1, 0.15) is 6.10 Å². The van der Waals surface area contributed by atoms with Crippen molar-refractivity contribution in [3.05, 3.63) is 71.8 Å². The number of hydrazone groups is 1. The Morgan fingerprint density at radius 1 is 0.931 bits per heavy atom. The van der Waals surface area contributed by atoms with E-state index in [9.17, 15) is 9.59 Å². The molecule has 0 bridgehead atoms. The summed E-state index contributed by atoms with van der Waals surface area (Å²) in [6.45, 7) is 2.18. The number of amides is 2. The molecule has 0 N–H and O–H groups in total. The van der Waals surface area contributed by atoms with Crippen LogP contribution >= 0.6 is 0 Å². The maximum Gasteiger partial charge on any atom is 0.243 e. The van der Waals surface area contributed by atoms with E-state index in [2.05, 4.69) is 5.10 Å². The highest BCUT2D eigenvalue weighted by atomic mass is 16.5. The molecule has 2 aromatic carbocycles. The van der Waals surface area contributed by atoms with Crippen LogP contribution in [0.4, 0.5) is 0 Å². The van der Waals surface area contributed by atoms with Crippen molar-refractivity contribution in [3.63, 3.8) is 0 Å². The second kappa shape index (κ2) is 9.01. The van der Waals surface area contributed by atoms with E-state index in [1.165, 1.54) is 5.01 Å². The van der Waals surface area contributed by atoms with E-state index in [0.717, 1.165) is 23.3 Å². The summed E-state index contributed by atoms with van der Waals surface area (Å²) in [6, 6.07) is 19.8. The van der Waals surface area contributed by atoms with Gasteiger partial charge in [-0.3, -0.25) is 9.59 Å². The number of benzene rings is 2. The van der Waals surface area contributed by atoms with Gasteiger partial charge in [-0.05, 0) is 11.1 Å². The van der Waals surface area contributed by atoms with E-state index >= 15 is 0 Å². The van der Waals surface area contributed by atoms with Crippen LogP contribution in [0.15, 0.2) is 65.8 Å². The second-order valence-corrected chi connectivity index (χ2v) is 7.29. The molecule has 6 nitrogen and oxygen atoms in total. The van der Waals surface area contributed by atoms with Gasteiger partial charge in [-0.25, -0.2) is 5.01 Å². The summed E-state index contributed by atoms with van der Waals surface area (Å²) in [7, 11) is 0. The monoisotopic (exact) mass is 391 g/mol. The van der Waals surface area contributed by atoms with Crippen LogP contribution in [0.5, 0.6) is 0 Å². The van der Waals surface area contributed by atoms with Crippen molar-refractivity contribution in [2.45, 2.75) is 25.4 Å². The van der Waals surface area contributed by atoms with Crippen LogP contribution in [0.3, 0.4) is 0 Å². The van der Waals surface area contributed by atoms with Gasteiger partial charge in [0.2, 0.25) is 11.8 Å². The van der Waals surface area contributed by atoms with Gasteiger partial charge in [0.05, 0.1) is 25.4 Å². The molecule has 6 heteroatoms. The third-order valence-electron chi connectivity index (χ3n) is 5.34. The SMILES string of the molecule is O=C(CCC(=O)N1CCC(c2ccccc2)=N1)N1CCOC(c2ccccc2)C1. The number of nitrogens with zero attached hydrogens (tertiary/aromatic N) is 3. The first-order valence-corrected chi connectivity index (χ1v) is 10.1. The third kappa shape index (κ3) is 4.71. The van der Waals surface area contributed by atoms with Crippen molar-refractivity contribution in [1.29, 1.82) is 0 Å². The zero-order chi connectivity index (χ0) is 20.1. The average molecular weight is 391 g/mol. The Morgan fingerprint density at radius 3 is 2.38 bits per heavy atom. The third-order valence-corrected chi connectivity index (χ3v) is 5.34. The van der Waals surface area contributed by atoms with Gasteiger partial charge in [-0.2, -0.15) is 5.10 Å². The fourth-order valence-corrected chi connectivity index (χ4v) is 3.72. The summed E-state index contributed by atoms with van der Waals surface area (Å²) in [5.41, 5.74) is 3.03. The van der Waals surface area contributed by atoms with Crippen molar-refractivity contribution >= 4 is 17.5 Å². The molecule has 1 saturated heterocycles. The lowest BCUT2D eigenvalue weighted by Crippen LogP contribution is -2.42. The van der Waals surface area contributed by atoms with Crippen molar-refractivity contribution in [3.8, 4) is 0 Å². The number of carbonyl (C=O) groups is 2. The van der Waals surface area contributed by atoms with Gasteiger partial charge in [-0.15, -0.1) is 0 Å². The molecule has 0 aliphatic carbocycles. The zero-order valence-corrected chi connectivity index (χ0v) is 16.4. The molecule has 1 unspecified atom stereocenters. The Morgan fingerprint density at radius 2 is 1.62 bits per heavy atom. The van der Waals surface area contributed by atoms with E-state index in [1.807, 2.05) is 60.7 Å². The van der Waals surface area contributed by atoms with Gasteiger partial charge >= 0.3 is 0 Å². The van der Waals surface area contributed by atoms with Crippen LogP contribution in [0, 0.1) is 0 Å². The second-order valence-electron chi connectivity index (χ2n) is 7.29. The Bertz CT molecular complexity index is 883. The van der Waals surface area contributed by atoms with E-state index in [0.29, 0.717) is 26.2 Å². The molecular weight excluding hydrogens is 366 g/mol. The molecule has 29 heavy (non-hydrogen) atoms. The molecule has 150 valence electrons. The lowest BCUT2D eigenvalue weighted by Gasteiger charge is -2.33. The van der Waals surface area contributed by atoms with Crippen LogP contribution < -0.4 is 0 Å². The minimum atomic E-state index is -0.110. The Labute approximate surface area is 170 Å². The summed E-state index contributed by atoms with van der Waals surface area (Å²) >= 11 is 0. The number of carbonyl (C=O) groups excluding carboxylic acids is 2. The molecular formula is C23H25N3O3. The average Bonchev–Trinajstić information content (AvgIpc) is 3.29. The minimum absolute atomic E-state index is 0.00552. The van der Waals surface area contributed by atoms with Crippen LogP contribution in [-0.2, 0) is 14.3 Å². The summed E-state index contributed by atoms with van der Waals surface area (Å²) in [6.07, 6.45) is 1.01. The first-order chi connectivity index (χ1) is 14.2. The lowest BCUT2D eigenvalue weighted by molar-refractivity contribution is -0.142. The summed E-state index contributed by atoms with van der Waals surface area (Å²) < 4.78 is 5.82. The van der Waals surface area contributed by atoms with Crippen LogP contribution in [0.2, 0.25) is 0 Å². The fraction of sp³-hybridized carbons (Fsp3) is 0.348. The molecule has 1 fully saturated rings. The van der Waals surface area contributed by atoms with E-state index in [1.54, 1.807) is 4.90 Å². The quantitative estimate of drug-likeness (QED) is 0.787. The molecule has 0 spiro atoms. The maximum atomic E-state index is 12.6. The van der Waals surface area contributed by atoms with E-state index < -0.39 is 0 Å². The molecule has 2 amide bonds. The highest BCUT2D eigenvalue weighted by molar-refractivity contribution is 6.02. The normalized spacial score (nSPS) is 19.2. The Hall–Kier alpha value is -2.99. The largest absolute Gasteiger partial charge is 0.370 e. The Balaban J connectivity index is 1.29. The first-order valence-electron chi connectivity index (χ1n) is 10.1. The van der Waals surface area contributed by atoms with E-state index in [4.69, 9.17) is 4.74 Å². The first kappa shape index (κ1) is 19.3. The smallest absolute Gasteiger partial charge is 0.243 e. The molecule has 0 saturated carbocycles. The van der Waals surface area contributed by atoms with Crippen LogP contribution in [0.1, 0.15) is 36.5 Å². The van der Waals surface area contributed by atoms with Gasteiger partial charge in [-0.1, -0.05) is 60.7 Å². The van der Waals surface area contributed by atoms with Crippen molar-refractivity contribution in [2.24, 2.45) is 5.10 Å². The van der Waals surface area contributed by atoms with Crippen LogP contribution in [0.25, 0.3) is 0 Å². The number of rotatable bonds is 5. The van der Waals surface area contributed by atoms with Gasteiger partial charge in [0.15, 0.2) is 0 Å². The summed E-state index contributed by atoms with van der Waals surface area (Å²) in [4.78, 5) is 27.0. The van der Waals surface area contributed by atoms with Crippen LogP contribution in [-0.4, -0.2) is 53.7 Å². The number of hydrogen-bond acceptors (Lipinski definition) is 4. The predicted molar refractivity (Wildman–Crippen MR) is 110 cm³/mol. The molecule has 2 aromatic rings. The summed E-state index contributed by atoms with van der Waals surface area (Å²) in [5.74, 6) is -0.105. The molecule has 0 radical (unpaired) electrons. The van der Waals surface area contributed by atoms with Crippen molar-refractivity contribution < 1.29 is 14.3 Å². The number of ether oxygens (including phenoxy) is 1. The minimum Gasteiger partial charge on any atom is -0.370 e. The molecule has 0 aromatic heterocycles. The van der Waals surface area contributed by atoms with E-state index in [-0.39, 0.29) is 30.8 Å². The standard InChI is InChI=1S/C23H25N3O3/c27-22(25-15-16-29-21(17-25)19-9-5-2-6-10-19)11-12-23(28)26-14-13-20(24-26)18-7-3-1-4-8-18/h1-10,21H,11-17H2. The molecule has 2 aliphatic rings. The molecule has 2 aliphatic heterocycles. The Kier molecular flexibility index (Phi) is 6.00.